The molecule has 1 N–H and O–H groups in total. The van der Waals surface area contributed by atoms with Crippen LogP contribution in [-0.4, -0.2) is 16.6 Å². The lowest BCUT2D eigenvalue weighted by Gasteiger charge is -2.41. The first-order chi connectivity index (χ1) is 9.04. The topological polar surface area (TPSA) is 20.2 Å². The fraction of sp³-hybridized carbons (Fsp3) is 0.571. The van der Waals surface area contributed by atoms with Crippen molar-refractivity contribution >= 4 is 11.8 Å². The lowest BCUT2D eigenvalue weighted by Crippen LogP contribution is -2.40. The highest BCUT2D eigenvalue weighted by atomic mass is 32.2. The lowest BCUT2D eigenvalue weighted by atomic mass is 9.78. The van der Waals surface area contributed by atoms with Gasteiger partial charge >= 0.3 is 6.18 Å². The summed E-state index contributed by atoms with van der Waals surface area (Å²) in [5.41, 5.74) is -2.51. The largest absolute Gasteiger partial charge is 0.419 e. The SMILES string of the molecule is CC1(C)CSCC(O)(c2ccc(C(F)(F)F)c(F)c2)C1. The summed E-state index contributed by atoms with van der Waals surface area (Å²) in [5, 5.41) is 10.6. The summed E-state index contributed by atoms with van der Waals surface area (Å²) in [6.07, 6.45) is -4.32. The van der Waals surface area contributed by atoms with Crippen LogP contribution in [-0.2, 0) is 11.8 Å². The molecule has 1 nitrogen and oxygen atoms in total. The summed E-state index contributed by atoms with van der Waals surface area (Å²) in [4.78, 5) is 0. The van der Waals surface area contributed by atoms with Crippen LogP contribution in [0.5, 0.6) is 0 Å². The van der Waals surface area contributed by atoms with Gasteiger partial charge in [0, 0.05) is 5.75 Å². The average molecular weight is 308 g/mol. The molecular weight excluding hydrogens is 292 g/mol. The van der Waals surface area contributed by atoms with E-state index in [0.717, 1.165) is 11.8 Å². The van der Waals surface area contributed by atoms with Gasteiger partial charge in [-0.15, -0.1) is 0 Å². The molecule has 0 aromatic heterocycles. The van der Waals surface area contributed by atoms with Crippen molar-refractivity contribution in [1.82, 2.24) is 0 Å². The maximum absolute atomic E-state index is 13.6. The number of hydrogen-bond acceptors (Lipinski definition) is 2. The van der Waals surface area contributed by atoms with Gasteiger partial charge in [-0.2, -0.15) is 24.9 Å². The number of benzene rings is 1. The van der Waals surface area contributed by atoms with E-state index in [1.807, 2.05) is 13.8 Å². The number of hydrogen-bond donors (Lipinski definition) is 1. The van der Waals surface area contributed by atoms with E-state index in [1.54, 1.807) is 0 Å². The molecule has 6 heteroatoms. The molecule has 1 aromatic rings. The number of aliphatic hydroxyl groups is 1. The van der Waals surface area contributed by atoms with Crippen LogP contribution >= 0.6 is 11.8 Å². The molecule has 0 amide bonds. The van der Waals surface area contributed by atoms with Gasteiger partial charge in [0.15, 0.2) is 0 Å². The molecule has 1 atom stereocenters. The molecule has 0 bridgehead atoms. The van der Waals surface area contributed by atoms with Gasteiger partial charge in [-0.05, 0) is 35.3 Å². The number of alkyl halides is 3. The van der Waals surface area contributed by atoms with E-state index in [-0.39, 0.29) is 11.0 Å². The van der Waals surface area contributed by atoms with Crippen LogP contribution in [0.3, 0.4) is 0 Å². The van der Waals surface area contributed by atoms with Crippen molar-refractivity contribution in [3.63, 3.8) is 0 Å². The minimum absolute atomic E-state index is 0.142. The van der Waals surface area contributed by atoms with Crippen molar-refractivity contribution in [2.45, 2.75) is 32.0 Å². The molecule has 20 heavy (non-hydrogen) atoms. The second kappa shape index (κ2) is 4.91. The standard InChI is InChI=1S/C14H16F4OS/c1-12(2)6-13(19,8-20-7-12)9-3-4-10(11(15)5-9)14(16,17)18/h3-5,19H,6-8H2,1-2H3. The minimum Gasteiger partial charge on any atom is -0.384 e. The second-order valence-electron chi connectivity index (χ2n) is 6.06. The van der Waals surface area contributed by atoms with Crippen molar-refractivity contribution in [3.8, 4) is 0 Å². The Hall–Kier alpha value is -0.750. The summed E-state index contributed by atoms with van der Waals surface area (Å²) in [6, 6.07) is 2.69. The Morgan fingerprint density at radius 3 is 2.35 bits per heavy atom. The Labute approximate surface area is 119 Å². The molecule has 1 heterocycles. The van der Waals surface area contributed by atoms with Crippen molar-refractivity contribution < 1.29 is 22.7 Å². The third-order valence-corrected chi connectivity index (χ3v) is 5.08. The summed E-state index contributed by atoms with van der Waals surface area (Å²) in [7, 11) is 0. The van der Waals surface area contributed by atoms with Gasteiger partial charge in [-0.3, -0.25) is 0 Å². The van der Waals surface area contributed by atoms with Gasteiger partial charge in [0.2, 0.25) is 0 Å². The lowest BCUT2D eigenvalue weighted by molar-refractivity contribution is -0.140. The summed E-state index contributed by atoms with van der Waals surface area (Å²) in [5.74, 6) is -0.114. The normalized spacial score (nSPS) is 26.6. The van der Waals surface area contributed by atoms with Crippen LogP contribution in [0.2, 0.25) is 0 Å². The summed E-state index contributed by atoms with van der Waals surface area (Å²) >= 11 is 1.52. The molecular formula is C14H16F4OS. The Balaban J connectivity index is 2.36. The zero-order chi connectivity index (χ0) is 15.2. The molecule has 1 aliphatic rings. The zero-order valence-electron chi connectivity index (χ0n) is 11.2. The molecule has 1 aromatic carbocycles. The molecule has 0 saturated carbocycles. The maximum Gasteiger partial charge on any atom is 0.419 e. The zero-order valence-corrected chi connectivity index (χ0v) is 12.0. The summed E-state index contributed by atoms with van der Waals surface area (Å²) < 4.78 is 51.2. The number of thioether (sulfide) groups is 1. The van der Waals surface area contributed by atoms with Gasteiger partial charge in [0.1, 0.15) is 5.82 Å². The van der Waals surface area contributed by atoms with E-state index < -0.39 is 23.2 Å². The average Bonchev–Trinajstić information content (AvgIpc) is 2.25. The maximum atomic E-state index is 13.6. The Morgan fingerprint density at radius 1 is 1.20 bits per heavy atom. The monoisotopic (exact) mass is 308 g/mol. The third kappa shape index (κ3) is 3.11. The van der Waals surface area contributed by atoms with E-state index in [9.17, 15) is 22.7 Å². The fourth-order valence-corrected chi connectivity index (χ4v) is 3.97. The number of halogens is 4. The van der Waals surface area contributed by atoms with Gasteiger partial charge < -0.3 is 5.11 Å². The Bertz CT molecular complexity index is 512. The van der Waals surface area contributed by atoms with Crippen LogP contribution in [0.1, 0.15) is 31.4 Å². The van der Waals surface area contributed by atoms with Gasteiger partial charge in [-0.25, -0.2) is 4.39 Å². The third-order valence-electron chi connectivity index (χ3n) is 3.42. The van der Waals surface area contributed by atoms with Crippen molar-refractivity contribution in [2.75, 3.05) is 11.5 Å². The fourth-order valence-electron chi connectivity index (χ4n) is 2.61. The molecule has 112 valence electrons. The minimum atomic E-state index is -4.72. The van der Waals surface area contributed by atoms with E-state index in [0.29, 0.717) is 18.2 Å². The molecule has 0 aliphatic carbocycles. The number of rotatable bonds is 1. The van der Waals surface area contributed by atoms with Crippen molar-refractivity contribution in [1.29, 1.82) is 0 Å². The molecule has 1 fully saturated rings. The Kier molecular flexibility index (Phi) is 3.84. The predicted molar refractivity (Wildman–Crippen MR) is 71.0 cm³/mol. The van der Waals surface area contributed by atoms with Gasteiger partial charge in [0.05, 0.1) is 11.2 Å². The molecule has 0 spiro atoms. The first kappa shape index (κ1) is 15.6. The molecule has 0 radical (unpaired) electrons. The van der Waals surface area contributed by atoms with E-state index in [4.69, 9.17) is 0 Å². The highest BCUT2D eigenvalue weighted by molar-refractivity contribution is 7.99. The molecule has 1 unspecified atom stereocenters. The van der Waals surface area contributed by atoms with Gasteiger partial charge in [-0.1, -0.05) is 19.9 Å². The van der Waals surface area contributed by atoms with Crippen LogP contribution < -0.4 is 0 Å². The van der Waals surface area contributed by atoms with Crippen LogP contribution in [0, 0.1) is 11.2 Å². The first-order valence-corrected chi connectivity index (χ1v) is 7.36. The van der Waals surface area contributed by atoms with E-state index >= 15 is 0 Å². The quantitative estimate of drug-likeness (QED) is 0.785. The smallest absolute Gasteiger partial charge is 0.384 e. The molecule has 1 aliphatic heterocycles. The highest BCUT2D eigenvalue weighted by Crippen LogP contribution is 2.45. The summed E-state index contributed by atoms with van der Waals surface area (Å²) in [6.45, 7) is 3.95. The molecule has 1 saturated heterocycles. The van der Waals surface area contributed by atoms with Crippen molar-refractivity contribution in [3.05, 3.63) is 35.1 Å². The second-order valence-corrected chi connectivity index (χ2v) is 7.04. The van der Waals surface area contributed by atoms with E-state index in [1.165, 1.54) is 17.8 Å². The Morgan fingerprint density at radius 2 is 1.85 bits per heavy atom. The predicted octanol–water partition coefficient (Wildman–Crippen LogP) is 4.20. The molecule has 2 rings (SSSR count). The van der Waals surface area contributed by atoms with Crippen molar-refractivity contribution in [2.24, 2.45) is 5.41 Å². The van der Waals surface area contributed by atoms with Crippen LogP contribution in [0.25, 0.3) is 0 Å². The first-order valence-electron chi connectivity index (χ1n) is 6.21. The van der Waals surface area contributed by atoms with Crippen LogP contribution in [0.15, 0.2) is 18.2 Å². The highest BCUT2D eigenvalue weighted by Gasteiger charge is 2.41. The van der Waals surface area contributed by atoms with Gasteiger partial charge in [0.25, 0.3) is 0 Å². The van der Waals surface area contributed by atoms with Crippen LogP contribution in [0.4, 0.5) is 17.6 Å². The van der Waals surface area contributed by atoms with E-state index in [2.05, 4.69) is 0 Å².